The number of amides is 1. The molecule has 1 N–H and O–H groups in total. The minimum atomic E-state index is -0.371. The monoisotopic (exact) mass is 342 g/mol. The topological polar surface area (TPSA) is 71.3 Å². The first-order chi connectivity index (χ1) is 11.7. The van der Waals surface area contributed by atoms with Crippen LogP contribution in [0, 0.1) is 11.3 Å². The number of nitrogens with one attached hydrogen (secondary N) is 1. The van der Waals surface area contributed by atoms with Crippen molar-refractivity contribution in [1.82, 2.24) is 5.32 Å². The highest BCUT2D eigenvalue weighted by Crippen LogP contribution is 2.27. The molecule has 0 aliphatic rings. The molecule has 1 aromatic heterocycles. The van der Waals surface area contributed by atoms with Gasteiger partial charge in [-0.25, -0.2) is 0 Å². The molecule has 0 aliphatic heterocycles. The van der Waals surface area contributed by atoms with Crippen molar-refractivity contribution in [3.05, 3.63) is 51.7 Å². The van der Waals surface area contributed by atoms with Crippen LogP contribution in [0.1, 0.15) is 11.1 Å². The Kier molecular flexibility index (Phi) is 6.41. The second kappa shape index (κ2) is 8.75. The highest BCUT2D eigenvalue weighted by molar-refractivity contribution is 7.08. The molecule has 24 heavy (non-hydrogen) atoms. The summed E-state index contributed by atoms with van der Waals surface area (Å²) in [5.74, 6) is 0.941. The summed E-state index contributed by atoms with van der Waals surface area (Å²) in [7, 11) is 3.17. The summed E-state index contributed by atoms with van der Waals surface area (Å²) >= 11 is 1.52. The van der Waals surface area contributed by atoms with Gasteiger partial charge in [0.15, 0.2) is 11.5 Å². The van der Waals surface area contributed by atoms with E-state index in [0.29, 0.717) is 24.5 Å². The number of nitrogens with zero attached hydrogens (tertiary/aromatic N) is 1. The molecule has 2 aromatic rings. The van der Waals surface area contributed by atoms with Gasteiger partial charge < -0.3 is 14.8 Å². The van der Waals surface area contributed by atoms with E-state index in [1.807, 2.05) is 41.1 Å². The maximum Gasteiger partial charge on any atom is 0.261 e. The van der Waals surface area contributed by atoms with Gasteiger partial charge in [-0.05, 0) is 52.6 Å². The standard InChI is InChI=1S/C18H18N2O3S/c1-22-16-4-3-13(10-17(16)23-2)5-7-20-18(21)15(11-19)9-14-6-8-24-12-14/h3-4,6,8-10,12H,5,7H2,1-2H3,(H,20,21). The van der Waals surface area contributed by atoms with E-state index in [9.17, 15) is 4.79 Å². The van der Waals surface area contributed by atoms with E-state index in [4.69, 9.17) is 14.7 Å². The highest BCUT2D eigenvalue weighted by Gasteiger charge is 2.09. The summed E-state index contributed by atoms with van der Waals surface area (Å²) in [6, 6.07) is 9.41. The van der Waals surface area contributed by atoms with E-state index in [2.05, 4.69) is 5.32 Å². The van der Waals surface area contributed by atoms with Crippen LogP contribution in [0.3, 0.4) is 0 Å². The Bertz CT molecular complexity index is 761. The van der Waals surface area contributed by atoms with Crippen LogP contribution >= 0.6 is 11.3 Å². The number of methoxy groups -OCH3 is 2. The molecule has 1 aromatic carbocycles. The quantitative estimate of drug-likeness (QED) is 0.620. The molecular formula is C18H18N2O3S. The first-order valence-electron chi connectivity index (χ1n) is 7.31. The molecule has 0 bridgehead atoms. The number of thiophene rings is 1. The maximum atomic E-state index is 12.1. The molecule has 1 heterocycles. The molecular weight excluding hydrogens is 324 g/mol. The zero-order valence-corrected chi connectivity index (χ0v) is 14.4. The van der Waals surface area contributed by atoms with Crippen LogP contribution < -0.4 is 14.8 Å². The van der Waals surface area contributed by atoms with Gasteiger partial charge in [0.2, 0.25) is 0 Å². The van der Waals surface area contributed by atoms with Crippen molar-refractivity contribution in [2.24, 2.45) is 0 Å². The van der Waals surface area contributed by atoms with Crippen molar-refractivity contribution < 1.29 is 14.3 Å². The number of ether oxygens (including phenoxy) is 2. The number of benzene rings is 1. The first-order valence-corrected chi connectivity index (χ1v) is 8.25. The molecule has 5 nitrogen and oxygen atoms in total. The number of hydrogen-bond acceptors (Lipinski definition) is 5. The molecule has 6 heteroatoms. The average molecular weight is 342 g/mol. The Morgan fingerprint density at radius 3 is 2.71 bits per heavy atom. The predicted octanol–water partition coefficient (Wildman–Crippen LogP) is 3.03. The molecule has 2 rings (SSSR count). The van der Waals surface area contributed by atoms with Crippen molar-refractivity contribution in [2.45, 2.75) is 6.42 Å². The lowest BCUT2D eigenvalue weighted by Gasteiger charge is -2.10. The van der Waals surface area contributed by atoms with Crippen molar-refractivity contribution in [1.29, 1.82) is 5.26 Å². The third-order valence-corrected chi connectivity index (χ3v) is 4.07. The Morgan fingerprint density at radius 1 is 1.29 bits per heavy atom. The van der Waals surface area contributed by atoms with Crippen LogP contribution in [0.5, 0.6) is 11.5 Å². The molecule has 1 amide bonds. The summed E-state index contributed by atoms with van der Waals surface area (Å²) in [5.41, 5.74) is 1.96. The van der Waals surface area contributed by atoms with Crippen LogP contribution in [0.15, 0.2) is 40.6 Å². The summed E-state index contributed by atoms with van der Waals surface area (Å²) in [6.45, 7) is 0.428. The van der Waals surface area contributed by atoms with E-state index in [1.54, 1.807) is 20.3 Å². The van der Waals surface area contributed by atoms with Gasteiger partial charge in [0.05, 0.1) is 14.2 Å². The Labute approximate surface area is 145 Å². The largest absolute Gasteiger partial charge is 0.493 e. The van der Waals surface area contributed by atoms with Crippen LogP contribution in [0.4, 0.5) is 0 Å². The fourth-order valence-corrected chi connectivity index (χ4v) is 2.74. The maximum absolute atomic E-state index is 12.1. The molecule has 0 aliphatic carbocycles. The van der Waals surface area contributed by atoms with E-state index in [-0.39, 0.29) is 11.5 Å². The Balaban J connectivity index is 1.94. The molecule has 0 radical (unpaired) electrons. The van der Waals surface area contributed by atoms with Gasteiger partial charge >= 0.3 is 0 Å². The van der Waals surface area contributed by atoms with Crippen LogP contribution in [0.2, 0.25) is 0 Å². The van der Waals surface area contributed by atoms with Gasteiger partial charge in [0.25, 0.3) is 5.91 Å². The third kappa shape index (κ3) is 4.61. The van der Waals surface area contributed by atoms with Gasteiger partial charge in [-0.2, -0.15) is 16.6 Å². The number of carbonyl (C=O) groups excluding carboxylic acids is 1. The number of rotatable bonds is 7. The van der Waals surface area contributed by atoms with Crippen molar-refractivity contribution in [3.8, 4) is 17.6 Å². The number of hydrogen-bond donors (Lipinski definition) is 1. The zero-order chi connectivity index (χ0) is 17.4. The van der Waals surface area contributed by atoms with E-state index in [0.717, 1.165) is 11.1 Å². The summed E-state index contributed by atoms with van der Waals surface area (Å²) in [5, 5.41) is 15.7. The smallest absolute Gasteiger partial charge is 0.261 e. The van der Waals surface area contributed by atoms with Crippen molar-refractivity contribution >= 4 is 23.3 Å². The van der Waals surface area contributed by atoms with E-state index in [1.165, 1.54) is 11.3 Å². The Hall–Kier alpha value is -2.78. The van der Waals surface area contributed by atoms with Gasteiger partial charge in [-0.3, -0.25) is 4.79 Å². The van der Waals surface area contributed by atoms with E-state index >= 15 is 0 Å². The lowest BCUT2D eigenvalue weighted by molar-refractivity contribution is -0.117. The predicted molar refractivity (Wildman–Crippen MR) is 94.2 cm³/mol. The molecule has 0 fully saturated rings. The summed E-state index contributed by atoms with van der Waals surface area (Å²) < 4.78 is 10.4. The molecule has 0 saturated carbocycles. The summed E-state index contributed by atoms with van der Waals surface area (Å²) in [4.78, 5) is 12.1. The third-order valence-electron chi connectivity index (χ3n) is 3.37. The fraction of sp³-hybridized carbons (Fsp3) is 0.222. The molecule has 0 atom stereocenters. The lowest BCUT2D eigenvalue weighted by Crippen LogP contribution is -2.26. The lowest BCUT2D eigenvalue weighted by atomic mass is 10.1. The molecule has 124 valence electrons. The fourth-order valence-electron chi connectivity index (χ4n) is 2.12. The van der Waals surface area contributed by atoms with Crippen molar-refractivity contribution in [2.75, 3.05) is 20.8 Å². The zero-order valence-electron chi connectivity index (χ0n) is 13.5. The normalized spacial score (nSPS) is 10.8. The van der Waals surface area contributed by atoms with Crippen LogP contribution in [0.25, 0.3) is 6.08 Å². The molecule has 0 saturated heterocycles. The summed E-state index contributed by atoms with van der Waals surface area (Å²) in [6.07, 6.45) is 2.21. The van der Waals surface area contributed by atoms with E-state index < -0.39 is 0 Å². The van der Waals surface area contributed by atoms with Gasteiger partial charge in [-0.15, -0.1) is 0 Å². The number of nitriles is 1. The van der Waals surface area contributed by atoms with Crippen LogP contribution in [-0.4, -0.2) is 26.7 Å². The van der Waals surface area contributed by atoms with Crippen LogP contribution in [-0.2, 0) is 11.2 Å². The average Bonchev–Trinajstić information content (AvgIpc) is 3.12. The second-order valence-corrected chi connectivity index (χ2v) is 5.70. The van der Waals surface area contributed by atoms with Gasteiger partial charge in [-0.1, -0.05) is 6.07 Å². The Morgan fingerprint density at radius 2 is 2.08 bits per heavy atom. The molecule has 0 spiro atoms. The second-order valence-electron chi connectivity index (χ2n) is 4.92. The first kappa shape index (κ1) is 17.6. The van der Waals surface area contributed by atoms with Crippen molar-refractivity contribution in [3.63, 3.8) is 0 Å². The van der Waals surface area contributed by atoms with Gasteiger partial charge in [0, 0.05) is 6.54 Å². The highest BCUT2D eigenvalue weighted by atomic mass is 32.1. The molecule has 0 unspecified atom stereocenters. The number of carbonyl (C=O) groups is 1. The SMILES string of the molecule is COc1ccc(CCNC(=O)C(C#N)=Cc2ccsc2)cc1OC. The van der Waals surface area contributed by atoms with Gasteiger partial charge in [0.1, 0.15) is 11.6 Å². The minimum Gasteiger partial charge on any atom is -0.493 e. The minimum absolute atomic E-state index is 0.0979.